The average Bonchev–Trinajstić information content (AvgIpc) is 2.97. The van der Waals surface area contributed by atoms with Gasteiger partial charge in [-0.15, -0.1) is 0 Å². The Kier molecular flexibility index (Phi) is 4.47. The Morgan fingerprint density at radius 1 is 1.42 bits per heavy atom. The molecular weight excluding hydrogens is 327 g/mol. The molecule has 0 aliphatic heterocycles. The van der Waals surface area contributed by atoms with E-state index in [4.69, 9.17) is 11.1 Å². The predicted molar refractivity (Wildman–Crippen MR) is 73.5 cm³/mol. The normalized spacial score (nSPS) is 12.8. The van der Waals surface area contributed by atoms with E-state index in [2.05, 4.69) is 51.8 Å². The topological polar surface area (TPSA) is 90.6 Å². The van der Waals surface area contributed by atoms with Gasteiger partial charge in [0.15, 0.2) is 5.96 Å². The van der Waals surface area contributed by atoms with Crippen LogP contribution in [-0.4, -0.2) is 15.9 Å². The molecule has 1 aromatic heterocycles. The number of aromatic nitrogens is 2. The van der Waals surface area contributed by atoms with Crippen LogP contribution in [0.15, 0.2) is 46.7 Å². The van der Waals surface area contributed by atoms with Crippen molar-refractivity contribution in [2.75, 3.05) is 5.32 Å². The molecule has 0 saturated heterocycles. The summed E-state index contributed by atoms with van der Waals surface area (Å²) in [5.74, 6) is 0.368. The molecule has 2 aromatic rings. The van der Waals surface area contributed by atoms with Gasteiger partial charge in [0, 0.05) is 0 Å². The first-order valence-electron chi connectivity index (χ1n) is 5.71. The maximum atomic E-state index is 7.01. The molecule has 19 heavy (non-hydrogen) atoms. The molecule has 0 radical (unpaired) electrons. The van der Waals surface area contributed by atoms with E-state index in [0.29, 0.717) is 5.95 Å². The van der Waals surface area contributed by atoms with Crippen LogP contribution in [0.4, 0.5) is 5.95 Å². The van der Waals surface area contributed by atoms with E-state index in [1.807, 2.05) is 24.3 Å². The molecule has 1 aliphatic rings. The second kappa shape index (κ2) is 6.29. The zero-order valence-electron chi connectivity index (χ0n) is 10.1. The number of nitrogens with one attached hydrogen (secondary N) is 3. The van der Waals surface area contributed by atoms with Gasteiger partial charge < -0.3 is 10.7 Å². The van der Waals surface area contributed by atoms with E-state index >= 15 is 0 Å². The van der Waals surface area contributed by atoms with E-state index in [-0.39, 0.29) is 5.96 Å². The number of hydrogen-bond acceptors (Lipinski definition) is 2. The summed E-state index contributed by atoms with van der Waals surface area (Å²) < 4.78 is 1.40. The number of allylic oxidation sites excluding steroid dienone is 4. The minimum absolute atomic E-state index is 0.126. The fourth-order valence-electron chi connectivity index (χ4n) is 1.56. The number of nitrogens with zero attached hydrogens (tertiary/aromatic N) is 1. The molecule has 99 valence electrons. The molecule has 5 nitrogen and oxygen atoms in total. The first kappa shape index (κ1) is 13.5. The van der Waals surface area contributed by atoms with Gasteiger partial charge in [0.2, 0.25) is 5.95 Å². The molecule has 1 aliphatic carbocycles. The van der Waals surface area contributed by atoms with Gasteiger partial charge in [0.05, 0.1) is 11.0 Å². The van der Waals surface area contributed by atoms with Crippen LogP contribution in [0.25, 0.3) is 11.0 Å². The molecule has 1 heterocycles. The summed E-state index contributed by atoms with van der Waals surface area (Å²) >= 11 is 2.59. The Morgan fingerprint density at radius 2 is 2.21 bits per heavy atom. The third-order valence-electron chi connectivity index (χ3n) is 2.36. The standard InChI is InChI=1S/C8H9N5.C5H5.Ru/c9-7(10)13-8-11-5-3-1-2-4-6(5)12-8;1-2-4-5-3-1;/h1-4H,(H5,9,10,11,12,13);1-3H,4H2;. The Balaban J connectivity index is 0.000000186. The fraction of sp³-hybridized carbons (Fsp3) is 0.0769. The zero-order chi connectivity index (χ0) is 13.7. The number of para-hydroxylation sites is 2. The molecule has 6 heteroatoms. The number of anilines is 1. The molecule has 0 saturated carbocycles. The molecule has 3 rings (SSSR count). The fourth-order valence-corrected chi connectivity index (χ4v) is 1.93. The van der Waals surface area contributed by atoms with E-state index in [1.165, 1.54) is 4.17 Å². The number of imidazole rings is 1. The van der Waals surface area contributed by atoms with Gasteiger partial charge in [-0.3, -0.25) is 10.7 Å². The Bertz CT molecular complexity index is 608. The molecular formula is C13H14N5Ru. The molecule has 0 fully saturated rings. The third-order valence-corrected chi connectivity index (χ3v) is 3.00. The first-order chi connectivity index (χ1) is 9.15. The van der Waals surface area contributed by atoms with Gasteiger partial charge in [-0.25, -0.2) is 4.98 Å². The van der Waals surface area contributed by atoms with Crippen molar-refractivity contribution in [3.8, 4) is 0 Å². The van der Waals surface area contributed by atoms with Gasteiger partial charge in [-0.05, 0) is 12.1 Å². The summed E-state index contributed by atoms with van der Waals surface area (Å²) in [5, 5.41) is 9.60. The van der Waals surface area contributed by atoms with E-state index in [1.54, 1.807) is 0 Å². The van der Waals surface area contributed by atoms with E-state index in [0.717, 1.165) is 17.5 Å². The summed E-state index contributed by atoms with van der Waals surface area (Å²) in [6, 6.07) is 7.61. The van der Waals surface area contributed by atoms with Gasteiger partial charge in [0.25, 0.3) is 0 Å². The number of nitrogens with two attached hydrogens (primary N) is 1. The van der Waals surface area contributed by atoms with Crippen molar-refractivity contribution in [1.82, 2.24) is 9.97 Å². The molecule has 0 bridgehead atoms. The number of H-pyrrole nitrogens is 1. The van der Waals surface area contributed by atoms with Crippen molar-refractivity contribution in [3.05, 3.63) is 46.7 Å². The number of aromatic amines is 1. The molecule has 0 atom stereocenters. The molecule has 5 N–H and O–H groups in total. The molecule has 0 unspecified atom stereocenters. The van der Waals surface area contributed by atoms with Crippen LogP contribution >= 0.6 is 0 Å². The van der Waals surface area contributed by atoms with Crippen molar-refractivity contribution >= 4 is 22.9 Å². The van der Waals surface area contributed by atoms with Crippen molar-refractivity contribution in [2.24, 2.45) is 5.73 Å². The predicted octanol–water partition coefficient (Wildman–Crippen LogP) is 2.25. The minimum atomic E-state index is -0.126. The van der Waals surface area contributed by atoms with Crippen molar-refractivity contribution in [2.45, 2.75) is 6.42 Å². The van der Waals surface area contributed by atoms with Crippen LogP contribution in [0.1, 0.15) is 6.42 Å². The first-order valence-corrected chi connectivity index (χ1v) is 6.58. The Hall–Kier alpha value is -1.94. The van der Waals surface area contributed by atoms with Crippen LogP contribution < -0.4 is 11.1 Å². The summed E-state index contributed by atoms with van der Waals surface area (Å²) in [6.45, 7) is 0. The van der Waals surface area contributed by atoms with Crippen LogP contribution in [0, 0.1) is 5.41 Å². The van der Waals surface area contributed by atoms with Gasteiger partial charge in [-0.1, -0.05) is 12.1 Å². The summed E-state index contributed by atoms with van der Waals surface area (Å²) in [6.07, 6.45) is 7.46. The van der Waals surface area contributed by atoms with Crippen molar-refractivity contribution in [3.63, 3.8) is 0 Å². The third kappa shape index (κ3) is 4.03. The van der Waals surface area contributed by atoms with Gasteiger partial charge >= 0.3 is 47.1 Å². The van der Waals surface area contributed by atoms with Crippen molar-refractivity contribution in [1.29, 1.82) is 5.41 Å². The van der Waals surface area contributed by atoms with Crippen LogP contribution in [0.3, 0.4) is 0 Å². The zero-order valence-corrected chi connectivity index (χ0v) is 11.9. The number of guanidine groups is 1. The van der Waals surface area contributed by atoms with Gasteiger partial charge in [-0.2, -0.15) is 0 Å². The number of hydrogen-bond donors (Lipinski definition) is 4. The van der Waals surface area contributed by atoms with Crippen LogP contribution in [0.2, 0.25) is 0 Å². The molecule has 0 amide bonds. The van der Waals surface area contributed by atoms with E-state index < -0.39 is 0 Å². The molecule has 1 aromatic carbocycles. The number of benzene rings is 1. The summed E-state index contributed by atoms with van der Waals surface area (Å²) in [5.41, 5.74) is 6.93. The number of rotatable bonds is 1. The van der Waals surface area contributed by atoms with Crippen molar-refractivity contribution < 1.29 is 18.3 Å². The van der Waals surface area contributed by atoms with E-state index in [9.17, 15) is 0 Å². The maximum absolute atomic E-state index is 7.01. The molecule has 0 spiro atoms. The summed E-state index contributed by atoms with van der Waals surface area (Å²) in [4.78, 5) is 7.15. The summed E-state index contributed by atoms with van der Waals surface area (Å²) in [7, 11) is 0. The second-order valence-electron chi connectivity index (χ2n) is 3.87. The second-order valence-corrected chi connectivity index (χ2v) is 4.99. The average molecular weight is 341 g/mol. The Labute approximate surface area is 121 Å². The number of fused-ring (bicyclic) bond motifs is 1. The Morgan fingerprint density at radius 3 is 2.74 bits per heavy atom. The van der Waals surface area contributed by atoms with Crippen LogP contribution in [0.5, 0.6) is 0 Å². The monoisotopic (exact) mass is 342 g/mol. The van der Waals surface area contributed by atoms with Crippen LogP contribution in [-0.2, 0) is 18.3 Å². The van der Waals surface area contributed by atoms with Gasteiger partial charge in [0.1, 0.15) is 0 Å². The quantitative estimate of drug-likeness (QED) is 0.364. The SMILES string of the molecule is N=C(N)Nc1nc2ccccc2[nH]1.[Ru][C]1=CC=CC1.